The van der Waals surface area contributed by atoms with Crippen molar-refractivity contribution in [3.05, 3.63) is 17.5 Å². The summed E-state index contributed by atoms with van der Waals surface area (Å²) in [6.45, 7) is 3.19. The van der Waals surface area contributed by atoms with E-state index in [0.717, 1.165) is 12.2 Å². The van der Waals surface area contributed by atoms with Crippen molar-refractivity contribution in [3.8, 4) is 6.01 Å². The van der Waals surface area contributed by atoms with Crippen LogP contribution in [0.2, 0.25) is 0 Å². The van der Waals surface area contributed by atoms with Gasteiger partial charge in [0.1, 0.15) is 17.3 Å². The fraction of sp³-hybridized carbons (Fsp3) is 0.500. The zero-order chi connectivity index (χ0) is 12.1. The Balaban J connectivity index is 2.69. The van der Waals surface area contributed by atoms with E-state index in [0.29, 0.717) is 18.3 Å². The summed E-state index contributed by atoms with van der Waals surface area (Å²) in [7, 11) is 3.95. The third kappa shape index (κ3) is 4.08. The number of hydrogen-bond donors (Lipinski definition) is 1. The molecule has 88 valence electrons. The van der Waals surface area contributed by atoms with E-state index >= 15 is 0 Å². The molecule has 0 aromatic carbocycles. The quantitative estimate of drug-likeness (QED) is 0.750. The van der Waals surface area contributed by atoms with Crippen molar-refractivity contribution in [2.45, 2.75) is 6.92 Å². The topological polar surface area (TPSA) is 64.3 Å². The van der Waals surface area contributed by atoms with Gasteiger partial charge in [0.2, 0.25) is 0 Å². The molecule has 1 aromatic heterocycles. The molecule has 0 aliphatic carbocycles. The van der Waals surface area contributed by atoms with Gasteiger partial charge in [-0.1, -0.05) is 12.2 Å². The van der Waals surface area contributed by atoms with E-state index < -0.39 is 0 Å². The Hall–Kier alpha value is -1.27. The second kappa shape index (κ2) is 5.72. The molecule has 0 saturated carbocycles. The van der Waals surface area contributed by atoms with Gasteiger partial charge in [0.05, 0.1) is 0 Å². The molecule has 0 atom stereocenters. The Morgan fingerprint density at radius 2 is 2.19 bits per heavy atom. The molecular weight excluding hydrogens is 224 g/mol. The molecule has 0 aliphatic rings. The van der Waals surface area contributed by atoms with Gasteiger partial charge in [-0.05, 0) is 27.1 Å². The second-order valence-electron chi connectivity index (χ2n) is 3.69. The summed E-state index contributed by atoms with van der Waals surface area (Å²) in [5.41, 5.74) is 6.84. The predicted octanol–water partition coefficient (Wildman–Crippen LogP) is 0.360. The number of nitrogens with zero attached hydrogens (tertiary/aromatic N) is 3. The van der Waals surface area contributed by atoms with Crippen LogP contribution in [0.25, 0.3) is 0 Å². The van der Waals surface area contributed by atoms with Crippen LogP contribution in [0.3, 0.4) is 0 Å². The van der Waals surface area contributed by atoms with E-state index in [4.69, 9.17) is 22.7 Å². The Morgan fingerprint density at radius 3 is 2.75 bits per heavy atom. The zero-order valence-electron chi connectivity index (χ0n) is 9.73. The van der Waals surface area contributed by atoms with Gasteiger partial charge in [-0.25, -0.2) is 4.98 Å². The van der Waals surface area contributed by atoms with Crippen molar-refractivity contribution in [1.29, 1.82) is 0 Å². The minimum atomic E-state index is 0.253. The molecule has 1 rings (SSSR count). The highest BCUT2D eigenvalue weighted by Gasteiger charge is 2.05. The molecule has 0 aliphatic heterocycles. The molecular formula is C10H16N4OS. The number of aromatic nitrogens is 2. The van der Waals surface area contributed by atoms with E-state index in [2.05, 4.69) is 9.97 Å². The number of thiocarbonyl (C=S) groups is 1. The lowest BCUT2D eigenvalue weighted by molar-refractivity contribution is 0.245. The highest BCUT2D eigenvalue weighted by atomic mass is 32.1. The Morgan fingerprint density at radius 1 is 1.50 bits per heavy atom. The van der Waals surface area contributed by atoms with Gasteiger partial charge >= 0.3 is 6.01 Å². The molecule has 0 fully saturated rings. The maximum absolute atomic E-state index is 5.51. The van der Waals surface area contributed by atoms with Crippen LogP contribution in [-0.4, -0.2) is 47.1 Å². The standard InChI is InChI=1S/C10H16N4OS/c1-7-6-8(9(11)16)13-10(12-7)15-5-4-14(2)3/h6H,4-5H2,1-3H3,(H2,11,16). The lowest BCUT2D eigenvalue weighted by Gasteiger charge is -2.10. The first-order chi connectivity index (χ1) is 7.49. The van der Waals surface area contributed by atoms with Crippen LogP contribution in [0.1, 0.15) is 11.4 Å². The lowest BCUT2D eigenvalue weighted by atomic mass is 10.3. The minimum absolute atomic E-state index is 0.253. The van der Waals surface area contributed by atoms with Crippen molar-refractivity contribution in [3.63, 3.8) is 0 Å². The van der Waals surface area contributed by atoms with Crippen LogP contribution in [0.4, 0.5) is 0 Å². The van der Waals surface area contributed by atoms with Crippen LogP contribution < -0.4 is 10.5 Å². The molecule has 0 radical (unpaired) electrons. The zero-order valence-corrected chi connectivity index (χ0v) is 10.5. The molecule has 0 spiro atoms. The van der Waals surface area contributed by atoms with Gasteiger partial charge in [0, 0.05) is 12.2 Å². The SMILES string of the molecule is Cc1cc(C(N)=S)nc(OCCN(C)C)n1. The molecule has 6 heteroatoms. The van der Waals surface area contributed by atoms with Crippen molar-refractivity contribution in [2.24, 2.45) is 5.73 Å². The summed E-state index contributed by atoms with van der Waals surface area (Å²) in [6, 6.07) is 2.06. The van der Waals surface area contributed by atoms with Crippen molar-refractivity contribution >= 4 is 17.2 Å². The normalized spacial score (nSPS) is 10.5. The van der Waals surface area contributed by atoms with Crippen LogP contribution in [0.15, 0.2) is 6.07 Å². The first-order valence-corrected chi connectivity index (χ1v) is 5.33. The van der Waals surface area contributed by atoms with E-state index in [1.807, 2.05) is 25.9 Å². The number of aryl methyl sites for hydroxylation is 1. The summed E-state index contributed by atoms with van der Waals surface area (Å²) in [4.78, 5) is 10.5. The smallest absolute Gasteiger partial charge is 0.317 e. The maximum Gasteiger partial charge on any atom is 0.317 e. The van der Waals surface area contributed by atoms with Gasteiger partial charge in [-0.2, -0.15) is 4.98 Å². The number of nitrogens with two attached hydrogens (primary N) is 1. The van der Waals surface area contributed by atoms with Gasteiger partial charge in [-0.3, -0.25) is 0 Å². The Kier molecular flexibility index (Phi) is 4.57. The molecule has 2 N–H and O–H groups in total. The van der Waals surface area contributed by atoms with E-state index in [1.54, 1.807) is 6.07 Å². The molecule has 0 amide bonds. The average Bonchev–Trinajstić information content (AvgIpc) is 2.16. The van der Waals surface area contributed by atoms with Crippen molar-refractivity contribution in [1.82, 2.24) is 14.9 Å². The third-order valence-corrected chi connectivity index (χ3v) is 2.06. The largest absolute Gasteiger partial charge is 0.462 e. The van der Waals surface area contributed by atoms with Gasteiger partial charge in [0.25, 0.3) is 0 Å². The van der Waals surface area contributed by atoms with Gasteiger partial charge in [0.15, 0.2) is 0 Å². The Bertz CT molecular complexity index is 381. The van der Waals surface area contributed by atoms with Gasteiger partial charge < -0.3 is 15.4 Å². The van der Waals surface area contributed by atoms with Crippen molar-refractivity contribution in [2.75, 3.05) is 27.2 Å². The fourth-order valence-corrected chi connectivity index (χ4v) is 1.16. The average molecular weight is 240 g/mol. The summed E-state index contributed by atoms with van der Waals surface area (Å²) < 4.78 is 5.41. The summed E-state index contributed by atoms with van der Waals surface area (Å²) in [6.07, 6.45) is 0. The molecule has 0 bridgehead atoms. The predicted molar refractivity (Wildman–Crippen MR) is 66.7 cm³/mol. The molecule has 0 unspecified atom stereocenters. The number of hydrogen-bond acceptors (Lipinski definition) is 5. The molecule has 5 nitrogen and oxygen atoms in total. The first-order valence-electron chi connectivity index (χ1n) is 4.92. The molecule has 1 aromatic rings. The van der Waals surface area contributed by atoms with Crippen LogP contribution in [0, 0.1) is 6.92 Å². The molecule has 16 heavy (non-hydrogen) atoms. The highest BCUT2D eigenvalue weighted by Crippen LogP contribution is 2.06. The monoisotopic (exact) mass is 240 g/mol. The first kappa shape index (κ1) is 12.8. The molecule has 0 saturated heterocycles. The maximum atomic E-state index is 5.51. The fourth-order valence-electron chi connectivity index (χ4n) is 1.05. The van der Waals surface area contributed by atoms with Gasteiger partial charge in [-0.15, -0.1) is 0 Å². The summed E-state index contributed by atoms with van der Waals surface area (Å²) in [5.74, 6) is 0. The summed E-state index contributed by atoms with van der Waals surface area (Å²) >= 11 is 4.86. The van der Waals surface area contributed by atoms with Crippen LogP contribution in [0.5, 0.6) is 6.01 Å². The third-order valence-electron chi connectivity index (χ3n) is 1.86. The van der Waals surface area contributed by atoms with Crippen LogP contribution in [-0.2, 0) is 0 Å². The minimum Gasteiger partial charge on any atom is -0.462 e. The van der Waals surface area contributed by atoms with Crippen LogP contribution >= 0.6 is 12.2 Å². The molecule has 1 heterocycles. The lowest BCUT2D eigenvalue weighted by Crippen LogP contribution is -2.20. The number of ether oxygens (including phenoxy) is 1. The summed E-state index contributed by atoms with van der Waals surface area (Å²) in [5, 5.41) is 0. The second-order valence-corrected chi connectivity index (χ2v) is 4.13. The highest BCUT2D eigenvalue weighted by molar-refractivity contribution is 7.80. The van der Waals surface area contributed by atoms with E-state index in [-0.39, 0.29) is 4.99 Å². The van der Waals surface area contributed by atoms with Crippen molar-refractivity contribution < 1.29 is 4.74 Å². The van der Waals surface area contributed by atoms with E-state index in [1.165, 1.54) is 0 Å². The number of rotatable bonds is 5. The Labute approximate surface area is 101 Å². The number of likely N-dealkylation sites (N-methyl/N-ethyl adjacent to an activating group) is 1. The van der Waals surface area contributed by atoms with E-state index in [9.17, 15) is 0 Å².